The van der Waals surface area contributed by atoms with Crippen LogP contribution in [0.2, 0.25) is 10.0 Å². The highest BCUT2D eigenvalue weighted by Crippen LogP contribution is 2.33. The molecule has 0 bridgehead atoms. The van der Waals surface area contributed by atoms with E-state index in [2.05, 4.69) is 20.3 Å². The van der Waals surface area contributed by atoms with E-state index in [4.69, 9.17) is 27.6 Å². The molecule has 8 heteroatoms. The molecule has 0 atom stereocenters. The number of aromatic nitrogens is 2. The van der Waals surface area contributed by atoms with Crippen LogP contribution in [-0.4, -0.2) is 23.3 Å². The van der Waals surface area contributed by atoms with Crippen molar-refractivity contribution in [2.45, 2.75) is 6.54 Å². The first kappa shape index (κ1) is 17.3. The summed E-state index contributed by atoms with van der Waals surface area (Å²) in [6, 6.07) is 12.4. The van der Waals surface area contributed by atoms with Crippen LogP contribution in [0.4, 0.5) is 6.01 Å². The van der Waals surface area contributed by atoms with Crippen molar-refractivity contribution in [1.29, 1.82) is 0 Å². The first-order valence-electron chi connectivity index (χ1n) is 7.27. The number of hydrogen-bond acceptors (Lipinski definition) is 6. The van der Waals surface area contributed by atoms with Crippen LogP contribution in [0.25, 0.3) is 11.5 Å². The smallest absolute Gasteiger partial charge is 0.337 e. The van der Waals surface area contributed by atoms with E-state index in [-0.39, 0.29) is 17.9 Å². The molecule has 3 rings (SSSR count). The van der Waals surface area contributed by atoms with Gasteiger partial charge in [-0.3, -0.25) is 0 Å². The van der Waals surface area contributed by atoms with E-state index in [0.29, 0.717) is 27.7 Å². The summed E-state index contributed by atoms with van der Waals surface area (Å²) in [6.07, 6.45) is 0. The molecule has 3 aromatic rings. The Morgan fingerprint density at radius 2 is 1.92 bits per heavy atom. The van der Waals surface area contributed by atoms with Crippen molar-refractivity contribution < 1.29 is 13.9 Å². The van der Waals surface area contributed by atoms with Crippen LogP contribution in [0.1, 0.15) is 15.9 Å². The molecular formula is C17H13Cl2N3O3. The molecule has 0 fully saturated rings. The number of methoxy groups -OCH3 is 1. The normalized spacial score (nSPS) is 10.5. The lowest BCUT2D eigenvalue weighted by Gasteiger charge is -2.03. The van der Waals surface area contributed by atoms with Gasteiger partial charge in [0.05, 0.1) is 28.3 Å². The zero-order valence-electron chi connectivity index (χ0n) is 13.1. The second-order valence-corrected chi connectivity index (χ2v) is 5.84. The van der Waals surface area contributed by atoms with E-state index in [0.717, 1.165) is 5.56 Å². The minimum absolute atomic E-state index is 0.253. The summed E-state index contributed by atoms with van der Waals surface area (Å²) in [6.45, 7) is 0.451. The number of rotatable bonds is 5. The lowest BCUT2D eigenvalue weighted by Crippen LogP contribution is -2.03. The fourth-order valence-corrected chi connectivity index (χ4v) is 2.51. The first-order chi connectivity index (χ1) is 12.1. The minimum atomic E-state index is -0.376. The molecular weight excluding hydrogens is 365 g/mol. The van der Waals surface area contributed by atoms with Crippen LogP contribution in [0.3, 0.4) is 0 Å². The topological polar surface area (TPSA) is 77.2 Å². The van der Waals surface area contributed by atoms with Crippen molar-refractivity contribution in [3.63, 3.8) is 0 Å². The maximum Gasteiger partial charge on any atom is 0.337 e. The van der Waals surface area contributed by atoms with Crippen molar-refractivity contribution in [2.75, 3.05) is 12.4 Å². The highest BCUT2D eigenvalue weighted by molar-refractivity contribution is 6.43. The molecule has 0 aliphatic carbocycles. The molecule has 128 valence electrons. The number of halogens is 2. The summed E-state index contributed by atoms with van der Waals surface area (Å²) in [5, 5.41) is 11.7. The van der Waals surface area contributed by atoms with Crippen molar-refractivity contribution in [3.05, 3.63) is 63.6 Å². The van der Waals surface area contributed by atoms with Gasteiger partial charge in [-0.15, -0.1) is 5.10 Å². The quantitative estimate of drug-likeness (QED) is 0.662. The van der Waals surface area contributed by atoms with E-state index in [9.17, 15) is 4.79 Å². The summed E-state index contributed by atoms with van der Waals surface area (Å²) < 4.78 is 10.2. The van der Waals surface area contributed by atoms with Crippen molar-refractivity contribution in [3.8, 4) is 11.5 Å². The second kappa shape index (κ2) is 7.55. The lowest BCUT2D eigenvalue weighted by atomic mass is 10.1. The molecule has 0 saturated carbocycles. The standard InChI is InChI=1S/C17H13Cl2N3O3/c1-24-16(23)11-7-5-10(6-8-11)9-20-17-22-21-15(25-17)12-3-2-4-13(18)14(12)19/h2-8H,9H2,1H3,(H,20,22). The Labute approximate surface area is 153 Å². The Kier molecular flexibility index (Phi) is 5.21. The number of carbonyl (C=O) groups is 1. The van der Waals surface area contributed by atoms with Gasteiger partial charge in [-0.1, -0.05) is 46.5 Å². The third-order valence-corrected chi connectivity index (χ3v) is 4.24. The van der Waals surface area contributed by atoms with E-state index in [1.807, 2.05) is 12.1 Å². The third-order valence-electron chi connectivity index (χ3n) is 3.43. The molecule has 6 nitrogen and oxygen atoms in total. The van der Waals surface area contributed by atoms with Gasteiger partial charge in [-0.25, -0.2) is 4.79 Å². The van der Waals surface area contributed by atoms with Gasteiger partial charge in [-0.05, 0) is 29.8 Å². The zero-order chi connectivity index (χ0) is 17.8. The number of nitrogens with one attached hydrogen (secondary N) is 1. The Morgan fingerprint density at radius 1 is 1.16 bits per heavy atom. The van der Waals surface area contributed by atoms with Gasteiger partial charge in [0.25, 0.3) is 5.89 Å². The molecule has 1 aromatic heterocycles. The van der Waals surface area contributed by atoms with Gasteiger partial charge >= 0.3 is 12.0 Å². The van der Waals surface area contributed by atoms with Gasteiger partial charge in [0.2, 0.25) is 0 Å². The van der Waals surface area contributed by atoms with Crippen molar-refractivity contribution in [1.82, 2.24) is 10.2 Å². The van der Waals surface area contributed by atoms with Crippen LogP contribution >= 0.6 is 23.2 Å². The highest BCUT2D eigenvalue weighted by Gasteiger charge is 2.13. The Hall–Kier alpha value is -2.57. The van der Waals surface area contributed by atoms with E-state index >= 15 is 0 Å². The van der Waals surface area contributed by atoms with Crippen LogP contribution in [0, 0.1) is 0 Å². The monoisotopic (exact) mass is 377 g/mol. The molecule has 2 aromatic carbocycles. The number of esters is 1. The predicted molar refractivity (Wildman–Crippen MR) is 94.9 cm³/mol. The molecule has 25 heavy (non-hydrogen) atoms. The average molecular weight is 378 g/mol. The Balaban J connectivity index is 1.68. The SMILES string of the molecule is COC(=O)c1ccc(CNc2nnc(-c3cccc(Cl)c3Cl)o2)cc1. The number of hydrogen-bond donors (Lipinski definition) is 1. The Bertz CT molecular complexity index is 894. The molecule has 1 N–H and O–H groups in total. The summed E-state index contributed by atoms with van der Waals surface area (Å²) in [5.74, 6) is -0.101. The largest absolute Gasteiger partial charge is 0.465 e. The fourth-order valence-electron chi connectivity index (χ4n) is 2.13. The Morgan fingerprint density at radius 3 is 2.64 bits per heavy atom. The van der Waals surface area contributed by atoms with E-state index < -0.39 is 0 Å². The summed E-state index contributed by atoms with van der Waals surface area (Å²) in [4.78, 5) is 11.4. The van der Waals surface area contributed by atoms with Gasteiger partial charge in [-0.2, -0.15) is 0 Å². The zero-order valence-corrected chi connectivity index (χ0v) is 14.6. The van der Waals surface area contributed by atoms with Gasteiger partial charge in [0.1, 0.15) is 0 Å². The average Bonchev–Trinajstić information content (AvgIpc) is 3.11. The first-order valence-corrected chi connectivity index (χ1v) is 8.03. The van der Waals surface area contributed by atoms with Gasteiger partial charge in [0, 0.05) is 6.54 Å². The van der Waals surface area contributed by atoms with Crippen LogP contribution < -0.4 is 5.32 Å². The summed E-state index contributed by atoms with van der Waals surface area (Å²) in [5.41, 5.74) is 1.99. The number of benzene rings is 2. The molecule has 0 amide bonds. The second-order valence-electron chi connectivity index (χ2n) is 5.06. The minimum Gasteiger partial charge on any atom is -0.465 e. The van der Waals surface area contributed by atoms with Crippen molar-refractivity contribution >= 4 is 35.2 Å². The van der Waals surface area contributed by atoms with Crippen LogP contribution in [0.15, 0.2) is 46.9 Å². The van der Waals surface area contributed by atoms with Gasteiger partial charge in [0.15, 0.2) is 0 Å². The predicted octanol–water partition coefficient (Wildman–Crippen LogP) is 4.44. The third kappa shape index (κ3) is 3.92. The van der Waals surface area contributed by atoms with E-state index in [1.165, 1.54) is 7.11 Å². The van der Waals surface area contributed by atoms with Gasteiger partial charge < -0.3 is 14.5 Å². The maximum atomic E-state index is 11.4. The van der Waals surface area contributed by atoms with E-state index in [1.54, 1.807) is 30.3 Å². The summed E-state index contributed by atoms with van der Waals surface area (Å²) in [7, 11) is 1.34. The van der Waals surface area contributed by atoms with Crippen LogP contribution in [-0.2, 0) is 11.3 Å². The fraction of sp³-hybridized carbons (Fsp3) is 0.118. The molecule has 0 unspecified atom stereocenters. The summed E-state index contributed by atoms with van der Waals surface area (Å²) >= 11 is 12.1. The molecule has 0 saturated heterocycles. The highest BCUT2D eigenvalue weighted by atomic mass is 35.5. The molecule has 0 spiro atoms. The molecule has 0 radical (unpaired) electrons. The molecule has 1 heterocycles. The number of ether oxygens (including phenoxy) is 1. The molecule has 0 aliphatic heterocycles. The van der Waals surface area contributed by atoms with Crippen molar-refractivity contribution in [2.24, 2.45) is 0 Å². The number of anilines is 1. The maximum absolute atomic E-state index is 11.4. The number of carbonyl (C=O) groups excluding carboxylic acids is 1. The number of nitrogens with zero attached hydrogens (tertiary/aromatic N) is 2. The lowest BCUT2D eigenvalue weighted by molar-refractivity contribution is 0.0600. The van der Waals surface area contributed by atoms with Crippen LogP contribution in [0.5, 0.6) is 0 Å². The molecule has 0 aliphatic rings.